The SMILES string of the molecule is COc1ccc(C)cc1NC(=O)C1CC1C(=O)NCCC(C)C. The molecule has 0 saturated heterocycles. The largest absolute Gasteiger partial charge is 0.495 e. The summed E-state index contributed by atoms with van der Waals surface area (Å²) in [5.74, 6) is 0.627. The van der Waals surface area contributed by atoms with Crippen molar-refractivity contribution in [3.05, 3.63) is 23.8 Å². The average Bonchev–Trinajstić information content (AvgIpc) is 3.27. The third-order valence-corrected chi connectivity index (χ3v) is 4.10. The van der Waals surface area contributed by atoms with Gasteiger partial charge in [0.25, 0.3) is 0 Å². The summed E-state index contributed by atoms with van der Waals surface area (Å²) in [5.41, 5.74) is 1.70. The highest BCUT2D eigenvalue weighted by molar-refractivity contribution is 6.00. The molecule has 2 amide bonds. The molecular weight excluding hydrogens is 292 g/mol. The second-order valence-electron chi connectivity index (χ2n) is 6.62. The van der Waals surface area contributed by atoms with E-state index in [0.29, 0.717) is 30.3 Å². The Balaban J connectivity index is 1.86. The van der Waals surface area contributed by atoms with E-state index < -0.39 is 0 Å². The number of methoxy groups -OCH3 is 1. The van der Waals surface area contributed by atoms with E-state index in [1.54, 1.807) is 7.11 Å². The Kier molecular flexibility index (Phi) is 5.64. The Hall–Kier alpha value is -2.04. The third-order valence-electron chi connectivity index (χ3n) is 4.10. The number of ether oxygens (including phenoxy) is 1. The van der Waals surface area contributed by atoms with Gasteiger partial charge < -0.3 is 15.4 Å². The first-order valence-electron chi connectivity index (χ1n) is 8.15. The molecule has 0 spiro atoms. The number of hydrogen-bond acceptors (Lipinski definition) is 3. The van der Waals surface area contributed by atoms with Crippen molar-refractivity contribution >= 4 is 17.5 Å². The quantitative estimate of drug-likeness (QED) is 0.812. The van der Waals surface area contributed by atoms with Crippen LogP contribution in [0.5, 0.6) is 5.75 Å². The molecule has 5 nitrogen and oxygen atoms in total. The Morgan fingerprint density at radius 1 is 1.26 bits per heavy atom. The lowest BCUT2D eigenvalue weighted by Gasteiger charge is -2.11. The van der Waals surface area contributed by atoms with Gasteiger partial charge in [0, 0.05) is 6.54 Å². The number of carbonyl (C=O) groups is 2. The minimum atomic E-state index is -0.237. The number of rotatable bonds is 7. The van der Waals surface area contributed by atoms with E-state index in [-0.39, 0.29) is 23.7 Å². The number of hydrogen-bond donors (Lipinski definition) is 2. The van der Waals surface area contributed by atoms with Crippen LogP contribution in [-0.4, -0.2) is 25.5 Å². The Bertz CT molecular complexity index is 584. The van der Waals surface area contributed by atoms with E-state index >= 15 is 0 Å². The molecule has 0 aromatic heterocycles. The van der Waals surface area contributed by atoms with Gasteiger partial charge in [-0.2, -0.15) is 0 Å². The van der Waals surface area contributed by atoms with Gasteiger partial charge >= 0.3 is 0 Å². The van der Waals surface area contributed by atoms with Crippen molar-refractivity contribution in [2.75, 3.05) is 19.0 Å². The lowest BCUT2D eigenvalue weighted by atomic mass is 10.1. The van der Waals surface area contributed by atoms with E-state index in [9.17, 15) is 9.59 Å². The summed E-state index contributed by atoms with van der Waals surface area (Å²) in [6, 6.07) is 5.63. The molecule has 0 heterocycles. The van der Waals surface area contributed by atoms with E-state index in [2.05, 4.69) is 24.5 Å². The fourth-order valence-electron chi connectivity index (χ4n) is 2.53. The molecule has 1 fully saturated rings. The summed E-state index contributed by atoms with van der Waals surface area (Å²) in [6.07, 6.45) is 1.57. The molecule has 1 saturated carbocycles. The minimum Gasteiger partial charge on any atom is -0.495 e. The predicted octanol–water partition coefficient (Wildman–Crippen LogP) is 2.74. The fraction of sp³-hybridized carbons (Fsp3) is 0.556. The van der Waals surface area contributed by atoms with Gasteiger partial charge in [0.15, 0.2) is 0 Å². The van der Waals surface area contributed by atoms with Crippen LogP contribution >= 0.6 is 0 Å². The van der Waals surface area contributed by atoms with E-state index in [1.165, 1.54) is 0 Å². The monoisotopic (exact) mass is 318 g/mol. The van der Waals surface area contributed by atoms with Gasteiger partial charge in [-0.3, -0.25) is 9.59 Å². The molecule has 1 aliphatic carbocycles. The molecule has 0 aliphatic heterocycles. The van der Waals surface area contributed by atoms with Crippen LogP contribution in [0.3, 0.4) is 0 Å². The maximum absolute atomic E-state index is 12.3. The minimum absolute atomic E-state index is 0.0120. The first-order valence-corrected chi connectivity index (χ1v) is 8.15. The molecule has 23 heavy (non-hydrogen) atoms. The lowest BCUT2D eigenvalue weighted by Crippen LogP contribution is -2.28. The molecule has 2 atom stereocenters. The predicted molar refractivity (Wildman–Crippen MR) is 90.4 cm³/mol. The maximum atomic E-state index is 12.3. The number of aryl methyl sites for hydroxylation is 1. The van der Waals surface area contributed by atoms with Crippen molar-refractivity contribution in [3.8, 4) is 5.75 Å². The molecule has 2 N–H and O–H groups in total. The van der Waals surface area contributed by atoms with Gasteiger partial charge in [-0.1, -0.05) is 19.9 Å². The van der Waals surface area contributed by atoms with Gasteiger partial charge in [0.05, 0.1) is 24.6 Å². The van der Waals surface area contributed by atoms with Crippen LogP contribution in [0.15, 0.2) is 18.2 Å². The molecule has 126 valence electrons. The lowest BCUT2D eigenvalue weighted by molar-refractivity contribution is -0.125. The number of carbonyl (C=O) groups excluding carboxylic acids is 2. The molecule has 1 aromatic carbocycles. The first-order chi connectivity index (χ1) is 10.9. The zero-order chi connectivity index (χ0) is 17.0. The zero-order valence-corrected chi connectivity index (χ0v) is 14.3. The Morgan fingerprint density at radius 3 is 2.61 bits per heavy atom. The second kappa shape index (κ2) is 7.49. The fourth-order valence-corrected chi connectivity index (χ4v) is 2.53. The van der Waals surface area contributed by atoms with E-state index in [0.717, 1.165) is 12.0 Å². The van der Waals surface area contributed by atoms with Crippen molar-refractivity contribution in [1.82, 2.24) is 5.32 Å². The summed E-state index contributed by atoms with van der Waals surface area (Å²) in [6.45, 7) is 6.87. The van der Waals surface area contributed by atoms with Crippen LogP contribution in [0.2, 0.25) is 0 Å². The van der Waals surface area contributed by atoms with Crippen molar-refractivity contribution in [2.24, 2.45) is 17.8 Å². The summed E-state index contributed by atoms with van der Waals surface area (Å²) in [5, 5.41) is 5.79. The summed E-state index contributed by atoms with van der Waals surface area (Å²) < 4.78 is 5.26. The highest BCUT2D eigenvalue weighted by Crippen LogP contribution is 2.40. The molecule has 1 aliphatic rings. The molecule has 5 heteroatoms. The van der Waals surface area contributed by atoms with Gasteiger partial charge in [0.1, 0.15) is 5.75 Å². The van der Waals surface area contributed by atoms with Crippen molar-refractivity contribution in [3.63, 3.8) is 0 Å². The molecule has 1 aromatic rings. The highest BCUT2D eigenvalue weighted by atomic mass is 16.5. The van der Waals surface area contributed by atoms with Crippen LogP contribution in [0.1, 0.15) is 32.3 Å². The number of nitrogens with one attached hydrogen (secondary N) is 2. The Morgan fingerprint density at radius 2 is 1.96 bits per heavy atom. The standard InChI is InChI=1S/C18H26N2O3/c1-11(2)7-8-19-17(21)13-10-14(13)18(22)20-15-9-12(3)5-6-16(15)23-4/h5-6,9,11,13-14H,7-8,10H2,1-4H3,(H,19,21)(H,20,22). The first kappa shape index (κ1) is 17.3. The molecule has 2 rings (SSSR count). The van der Waals surface area contributed by atoms with E-state index in [1.807, 2.05) is 25.1 Å². The van der Waals surface area contributed by atoms with Crippen LogP contribution in [-0.2, 0) is 9.59 Å². The smallest absolute Gasteiger partial charge is 0.228 e. The molecule has 0 radical (unpaired) electrons. The topological polar surface area (TPSA) is 67.4 Å². The van der Waals surface area contributed by atoms with Crippen molar-refractivity contribution < 1.29 is 14.3 Å². The van der Waals surface area contributed by atoms with Crippen LogP contribution in [0, 0.1) is 24.7 Å². The summed E-state index contributed by atoms with van der Waals surface area (Å²) in [7, 11) is 1.57. The normalized spacial score (nSPS) is 19.3. The van der Waals surface area contributed by atoms with Gasteiger partial charge in [-0.25, -0.2) is 0 Å². The summed E-state index contributed by atoms with van der Waals surface area (Å²) in [4.78, 5) is 24.3. The highest BCUT2D eigenvalue weighted by Gasteiger charge is 2.48. The molecular formula is C18H26N2O3. The maximum Gasteiger partial charge on any atom is 0.228 e. The van der Waals surface area contributed by atoms with Gasteiger partial charge in [-0.05, 0) is 43.4 Å². The van der Waals surface area contributed by atoms with Gasteiger partial charge in [-0.15, -0.1) is 0 Å². The molecule has 0 bridgehead atoms. The van der Waals surface area contributed by atoms with Crippen molar-refractivity contribution in [2.45, 2.75) is 33.6 Å². The number of amides is 2. The van der Waals surface area contributed by atoms with E-state index in [4.69, 9.17) is 4.74 Å². The number of anilines is 1. The number of benzene rings is 1. The van der Waals surface area contributed by atoms with Gasteiger partial charge in [0.2, 0.25) is 11.8 Å². The zero-order valence-electron chi connectivity index (χ0n) is 14.3. The third kappa shape index (κ3) is 4.71. The second-order valence-corrected chi connectivity index (χ2v) is 6.62. The van der Waals surface area contributed by atoms with Crippen LogP contribution in [0.25, 0.3) is 0 Å². The molecule has 2 unspecified atom stereocenters. The van der Waals surface area contributed by atoms with Crippen LogP contribution < -0.4 is 15.4 Å². The Labute approximate surface area is 137 Å². The summed E-state index contributed by atoms with van der Waals surface area (Å²) >= 11 is 0. The van der Waals surface area contributed by atoms with Crippen LogP contribution in [0.4, 0.5) is 5.69 Å². The average molecular weight is 318 g/mol. The van der Waals surface area contributed by atoms with Crippen molar-refractivity contribution in [1.29, 1.82) is 0 Å².